The molecule has 1 aliphatic heterocycles. The van der Waals surface area contributed by atoms with Crippen molar-refractivity contribution in [1.82, 2.24) is 0 Å². The van der Waals surface area contributed by atoms with Crippen LogP contribution >= 0.6 is 34.8 Å². The molecule has 7 heteroatoms. The van der Waals surface area contributed by atoms with Crippen molar-refractivity contribution in [2.24, 2.45) is 0 Å². The molecule has 1 heterocycles. The number of benzene rings is 1. The van der Waals surface area contributed by atoms with Gasteiger partial charge in [-0.1, -0.05) is 52.5 Å². The first kappa shape index (κ1) is 16.1. The fourth-order valence-corrected chi connectivity index (χ4v) is 3.16. The van der Waals surface area contributed by atoms with Crippen LogP contribution in [0.4, 0.5) is 5.69 Å². The predicted molar refractivity (Wildman–Crippen MR) is 82.6 cm³/mol. The third-order valence-electron chi connectivity index (χ3n) is 3.22. The summed E-state index contributed by atoms with van der Waals surface area (Å²) in [7, 11) is 1.19. The summed E-state index contributed by atoms with van der Waals surface area (Å²) in [6, 6.07) is 7.11. The maximum absolute atomic E-state index is 12.3. The molecule has 1 saturated heterocycles. The zero-order valence-electron chi connectivity index (χ0n) is 11.3. The molecule has 2 rings (SSSR count). The summed E-state index contributed by atoms with van der Waals surface area (Å²) in [6.07, 6.45) is -0.270. The summed E-state index contributed by atoms with van der Waals surface area (Å²) in [6.45, 7) is 1.92. The highest BCUT2D eigenvalue weighted by atomic mass is 35.5. The molecule has 1 amide bonds. The maximum Gasteiger partial charge on any atom is 0.333 e. The molecular formula is C14H12Cl3NO3. The molecule has 1 aromatic carbocycles. The van der Waals surface area contributed by atoms with Gasteiger partial charge in [-0.15, -0.1) is 0 Å². The van der Waals surface area contributed by atoms with Crippen LogP contribution in [0.5, 0.6) is 0 Å². The van der Waals surface area contributed by atoms with Crippen molar-refractivity contribution in [1.29, 1.82) is 0 Å². The van der Waals surface area contributed by atoms with Crippen molar-refractivity contribution < 1.29 is 14.3 Å². The highest BCUT2D eigenvalue weighted by Crippen LogP contribution is 2.45. The van der Waals surface area contributed by atoms with E-state index in [-0.39, 0.29) is 22.5 Å². The fraction of sp³-hybridized carbons (Fsp3) is 0.286. The van der Waals surface area contributed by atoms with Crippen LogP contribution in [0.25, 0.3) is 0 Å². The van der Waals surface area contributed by atoms with Gasteiger partial charge in [0, 0.05) is 5.69 Å². The second kappa shape index (κ2) is 5.87. The number of alkyl halides is 1. The molecule has 21 heavy (non-hydrogen) atoms. The molecule has 1 aromatic rings. The highest BCUT2D eigenvalue weighted by Gasteiger charge is 2.55. The van der Waals surface area contributed by atoms with Crippen LogP contribution < -0.4 is 4.90 Å². The van der Waals surface area contributed by atoms with E-state index in [9.17, 15) is 9.59 Å². The summed E-state index contributed by atoms with van der Waals surface area (Å²) in [5, 5.41) is 0. The lowest BCUT2D eigenvalue weighted by atomic mass is 10.1. The smallest absolute Gasteiger partial charge is 0.333 e. The van der Waals surface area contributed by atoms with Crippen molar-refractivity contribution in [3.05, 3.63) is 40.0 Å². The summed E-state index contributed by atoms with van der Waals surface area (Å²) >= 11 is 18.0. The van der Waals surface area contributed by atoms with E-state index in [4.69, 9.17) is 34.8 Å². The van der Waals surface area contributed by atoms with E-state index in [1.54, 1.807) is 12.1 Å². The van der Waals surface area contributed by atoms with E-state index in [1.165, 1.54) is 12.0 Å². The summed E-state index contributed by atoms with van der Waals surface area (Å²) < 4.78 is 4.42. The zero-order valence-corrected chi connectivity index (χ0v) is 13.6. The van der Waals surface area contributed by atoms with Gasteiger partial charge in [0.2, 0.25) is 5.91 Å². The average molecular weight is 349 g/mol. The largest absolute Gasteiger partial charge is 0.467 e. The van der Waals surface area contributed by atoms with Gasteiger partial charge in [-0.25, -0.2) is 4.79 Å². The van der Waals surface area contributed by atoms with E-state index < -0.39 is 10.8 Å². The van der Waals surface area contributed by atoms with Gasteiger partial charge in [-0.3, -0.25) is 9.69 Å². The first-order valence-corrected chi connectivity index (χ1v) is 7.17. The Hall–Kier alpha value is -1.23. The van der Waals surface area contributed by atoms with Crippen LogP contribution in [-0.2, 0) is 14.3 Å². The molecule has 0 aliphatic carbocycles. The number of halogens is 3. The van der Waals surface area contributed by atoms with Gasteiger partial charge in [0.15, 0.2) is 4.87 Å². The molecule has 112 valence electrons. The van der Waals surface area contributed by atoms with Crippen LogP contribution in [-0.4, -0.2) is 23.9 Å². The number of carbonyl (C=O) groups excluding carboxylic acids is 2. The molecular weight excluding hydrogens is 337 g/mol. The van der Waals surface area contributed by atoms with Crippen LogP contribution in [0.3, 0.4) is 0 Å². The topological polar surface area (TPSA) is 46.6 Å². The van der Waals surface area contributed by atoms with Gasteiger partial charge < -0.3 is 4.74 Å². The second-order valence-electron chi connectivity index (χ2n) is 4.64. The van der Waals surface area contributed by atoms with Crippen LogP contribution in [0.15, 0.2) is 34.5 Å². The number of ether oxygens (including phenoxy) is 1. The number of aryl methyl sites for hydroxylation is 1. The Balaban J connectivity index is 2.57. The van der Waals surface area contributed by atoms with Crippen LogP contribution in [0, 0.1) is 6.92 Å². The molecule has 0 N–H and O–H groups in total. The standard InChI is InChI=1S/C14H12Cl3NO3/c1-8-3-5-9(6-4-8)18-10(19)7-14(17,13(20)21-2)11(18)12(15)16/h3-6H,7H2,1-2H3. The summed E-state index contributed by atoms with van der Waals surface area (Å²) in [5.74, 6) is -1.16. The van der Waals surface area contributed by atoms with E-state index in [1.807, 2.05) is 19.1 Å². The van der Waals surface area contributed by atoms with Gasteiger partial charge in [0.05, 0.1) is 19.2 Å². The Morgan fingerprint density at radius 1 is 1.29 bits per heavy atom. The molecule has 1 unspecified atom stereocenters. The van der Waals surface area contributed by atoms with Gasteiger partial charge in [0.1, 0.15) is 4.49 Å². The first-order chi connectivity index (χ1) is 9.81. The van der Waals surface area contributed by atoms with Gasteiger partial charge in [-0.05, 0) is 19.1 Å². The van der Waals surface area contributed by atoms with Crippen molar-refractivity contribution >= 4 is 52.4 Å². The predicted octanol–water partition coefficient (Wildman–Crippen LogP) is 3.53. The highest BCUT2D eigenvalue weighted by molar-refractivity contribution is 6.58. The lowest BCUT2D eigenvalue weighted by Gasteiger charge is -2.24. The minimum absolute atomic E-state index is 0.0215. The number of rotatable bonds is 2. The van der Waals surface area contributed by atoms with Gasteiger partial charge in [0.25, 0.3) is 0 Å². The fourth-order valence-electron chi connectivity index (χ4n) is 2.20. The van der Waals surface area contributed by atoms with Gasteiger partial charge in [-0.2, -0.15) is 0 Å². The normalized spacial score (nSPS) is 21.7. The van der Waals surface area contributed by atoms with Crippen molar-refractivity contribution in [2.75, 3.05) is 12.0 Å². The van der Waals surface area contributed by atoms with Gasteiger partial charge >= 0.3 is 5.97 Å². The Kier molecular flexibility index (Phi) is 4.51. The molecule has 1 aliphatic rings. The zero-order chi connectivity index (χ0) is 15.8. The number of hydrogen-bond acceptors (Lipinski definition) is 3. The molecule has 0 spiro atoms. The lowest BCUT2D eigenvalue weighted by Crippen LogP contribution is -2.35. The molecule has 0 saturated carbocycles. The second-order valence-corrected chi connectivity index (χ2v) is 6.24. The quantitative estimate of drug-likeness (QED) is 0.607. The molecule has 4 nitrogen and oxygen atoms in total. The summed E-state index contributed by atoms with van der Waals surface area (Å²) in [4.78, 5) is 23.8. The average Bonchev–Trinajstić information content (AvgIpc) is 2.71. The number of carbonyl (C=O) groups is 2. The first-order valence-electron chi connectivity index (χ1n) is 6.04. The molecule has 1 atom stereocenters. The molecule has 0 radical (unpaired) electrons. The Labute approximate surface area is 137 Å². The monoisotopic (exact) mass is 347 g/mol. The third kappa shape index (κ3) is 2.76. The number of nitrogens with zero attached hydrogens (tertiary/aromatic N) is 1. The minimum Gasteiger partial charge on any atom is -0.467 e. The summed E-state index contributed by atoms with van der Waals surface area (Å²) in [5.41, 5.74) is 1.58. The number of esters is 1. The van der Waals surface area contributed by atoms with E-state index >= 15 is 0 Å². The van der Waals surface area contributed by atoms with E-state index in [0.717, 1.165) is 5.56 Å². The molecule has 1 fully saturated rings. The SMILES string of the molecule is COC(=O)C1(Cl)CC(=O)N(c2ccc(C)cc2)C1=C(Cl)Cl. The van der Waals surface area contributed by atoms with Crippen molar-refractivity contribution in [3.63, 3.8) is 0 Å². The Morgan fingerprint density at radius 2 is 1.86 bits per heavy atom. The third-order valence-corrected chi connectivity index (χ3v) is 4.05. The number of hydrogen-bond donors (Lipinski definition) is 0. The van der Waals surface area contributed by atoms with E-state index in [0.29, 0.717) is 5.69 Å². The van der Waals surface area contributed by atoms with Crippen LogP contribution in [0.2, 0.25) is 0 Å². The van der Waals surface area contributed by atoms with Crippen LogP contribution in [0.1, 0.15) is 12.0 Å². The van der Waals surface area contributed by atoms with E-state index in [2.05, 4.69) is 4.74 Å². The molecule has 0 bridgehead atoms. The number of methoxy groups -OCH3 is 1. The number of amides is 1. The van der Waals surface area contributed by atoms with Crippen molar-refractivity contribution in [3.8, 4) is 0 Å². The van der Waals surface area contributed by atoms with Crippen molar-refractivity contribution in [2.45, 2.75) is 18.2 Å². The lowest BCUT2D eigenvalue weighted by molar-refractivity contribution is -0.143. The Morgan fingerprint density at radius 3 is 2.33 bits per heavy atom. The number of anilines is 1. The maximum atomic E-state index is 12.3. The molecule has 0 aromatic heterocycles. The Bertz CT molecular complexity index is 623. The minimum atomic E-state index is -1.71.